The minimum absolute atomic E-state index is 0.135. The Morgan fingerprint density at radius 3 is 2.02 bits per heavy atom. The predicted molar refractivity (Wildman–Crippen MR) is 209 cm³/mol. The average molecular weight is 742 g/mol. The first kappa shape index (κ1) is 40.1. The van der Waals surface area contributed by atoms with Crippen LogP contribution in [0.1, 0.15) is 134 Å². The number of rotatable bonds is 19. The summed E-state index contributed by atoms with van der Waals surface area (Å²) in [5.74, 6) is -1.71. The molecule has 51 heavy (non-hydrogen) atoms. The molecule has 3 aromatic rings. The Morgan fingerprint density at radius 2 is 1.47 bits per heavy atom. The highest BCUT2D eigenvalue weighted by molar-refractivity contribution is 6.39. The monoisotopic (exact) mass is 740 g/mol. The lowest BCUT2D eigenvalue weighted by Gasteiger charge is -2.30. The molecular weight excluding hydrogens is 687 g/mol. The molecule has 3 N–H and O–H groups in total. The number of unbranched alkanes of at least 4 members (excludes halogenated alkanes) is 13. The van der Waals surface area contributed by atoms with Crippen LogP contribution >= 0.6 is 23.2 Å². The highest BCUT2D eigenvalue weighted by atomic mass is 35.5. The van der Waals surface area contributed by atoms with Crippen molar-refractivity contribution in [3.05, 3.63) is 63.3 Å². The van der Waals surface area contributed by atoms with Crippen molar-refractivity contribution in [1.29, 1.82) is 0 Å². The summed E-state index contributed by atoms with van der Waals surface area (Å²) in [4.78, 5) is 42.4. The van der Waals surface area contributed by atoms with Crippen LogP contribution in [0.5, 0.6) is 0 Å². The molecule has 1 aliphatic heterocycles. The van der Waals surface area contributed by atoms with Crippen molar-refractivity contribution < 1.29 is 24.2 Å². The molecule has 2 heterocycles. The first-order chi connectivity index (χ1) is 24.4. The quantitative estimate of drug-likeness (QED) is 0.0832. The van der Waals surface area contributed by atoms with Gasteiger partial charge in [0.05, 0.1) is 17.3 Å². The van der Waals surface area contributed by atoms with Crippen molar-refractivity contribution in [2.45, 2.75) is 123 Å². The van der Waals surface area contributed by atoms with Crippen LogP contribution in [0.15, 0.2) is 42.0 Å². The lowest BCUT2D eigenvalue weighted by atomic mass is 10.0. The van der Waals surface area contributed by atoms with Gasteiger partial charge in [0.25, 0.3) is 5.91 Å². The fourth-order valence-corrected chi connectivity index (χ4v) is 7.00. The Hall–Kier alpha value is -3.69. The molecule has 278 valence electrons. The molecule has 4 rings (SSSR count). The predicted octanol–water partition coefficient (Wildman–Crippen LogP) is 11.6. The molecule has 1 fully saturated rings. The van der Waals surface area contributed by atoms with E-state index in [1.165, 1.54) is 106 Å². The minimum atomic E-state index is -1.23. The molecule has 11 heteroatoms. The number of amides is 2. The number of hydrogen-bond donors (Lipinski definition) is 3. The maximum absolute atomic E-state index is 14.0. The van der Waals surface area contributed by atoms with Gasteiger partial charge >= 0.3 is 12.1 Å². The van der Waals surface area contributed by atoms with E-state index in [4.69, 9.17) is 27.9 Å². The maximum atomic E-state index is 14.0. The van der Waals surface area contributed by atoms with Crippen LogP contribution in [0.3, 0.4) is 0 Å². The van der Waals surface area contributed by atoms with Crippen LogP contribution < -0.4 is 10.3 Å². The van der Waals surface area contributed by atoms with Gasteiger partial charge in [0, 0.05) is 39.3 Å². The molecule has 1 aliphatic rings. The van der Waals surface area contributed by atoms with Crippen molar-refractivity contribution in [3.63, 3.8) is 0 Å². The SMILES string of the molecule is CCCCCCCCCCCCCCCCNc1ccc(N2C(=O)/C(=C/c3c(C(=O)O)[nH]c4cc(Cl)cc(Cl)c34)CN2C(=O)OC(C)(C)C)cc1. The first-order valence-corrected chi connectivity index (χ1v) is 19.3. The topological polar surface area (TPSA) is 115 Å². The van der Waals surface area contributed by atoms with Crippen LogP contribution in [0.2, 0.25) is 10.0 Å². The fraction of sp³-hybridized carbons (Fsp3) is 0.525. The standard InChI is InChI=1S/C40H54Cl2N4O5/c1-5-6-7-8-9-10-11-12-13-14-15-16-17-18-23-43-30-19-21-31(22-20-30)46-37(47)28(27-45(46)39(50)51-40(2,3)4)24-32-35-33(42)25-29(41)26-34(35)44-36(32)38(48)49/h19-22,24-26,43-44H,5-18,23,27H2,1-4H3,(H,48,49)/b28-24+. The summed E-state index contributed by atoms with van der Waals surface area (Å²) in [6.45, 7) is 8.23. The third-order valence-corrected chi connectivity index (χ3v) is 9.51. The number of fused-ring (bicyclic) bond motifs is 1. The number of carboxylic acid groups (broad SMARTS) is 1. The molecule has 9 nitrogen and oxygen atoms in total. The lowest BCUT2D eigenvalue weighted by molar-refractivity contribution is -0.115. The van der Waals surface area contributed by atoms with E-state index in [1.54, 1.807) is 39.0 Å². The van der Waals surface area contributed by atoms with Crippen molar-refractivity contribution >= 4 is 69.5 Å². The summed E-state index contributed by atoms with van der Waals surface area (Å²) in [7, 11) is 0. The molecule has 1 aromatic heterocycles. The number of aromatic amines is 1. The Morgan fingerprint density at radius 1 is 0.902 bits per heavy atom. The van der Waals surface area contributed by atoms with Crippen LogP contribution in [0, 0.1) is 0 Å². The first-order valence-electron chi connectivity index (χ1n) is 18.5. The zero-order chi connectivity index (χ0) is 37.0. The van der Waals surface area contributed by atoms with E-state index in [0.29, 0.717) is 21.6 Å². The summed E-state index contributed by atoms with van der Waals surface area (Å²) >= 11 is 12.7. The van der Waals surface area contributed by atoms with Crippen molar-refractivity contribution in [1.82, 2.24) is 9.99 Å². The second kappa shape index (κ2) is 19.2. The number of carbonyl (C=O) groups is 3. The van der Waals surface area contributed by atoms with Crippen LogP contribution in [-0.4, -0.2) is 51.8 Å². The molecule has 0 unspecified atom stereocenters. The summed E-state index contributed by atoms with van der Waals surface area (Å²) in [5, 5.41) is 16.9. The summed E-state index contributed by atoms with van der Waals surface area (Å²) in [5.41, 5.74) is 1.26. The van der Waals surface area contributed by atoms with E-state index in [-0.39, 0.29) is 28.4 Å². The maximum Gasteiger partial charge on any atom is 0.430 e. The zero-order valence-electron chi connectivity index (χ0n) is 30.6. The Bertz CT molecular complexity index is 1660. The number of hydrogen-bond acceptors (Lipinski definition) is 5. The highest BCUT2D eigenvalue weighted by Gasteiger charge is 2.40. The van der Waals surface area contributed by atoms with E-state index in [1.807, 2.05) is 12.1 Å². The molecule has 0 atom stereocenters. The number of nitrogens with zero attached hydrogens (tertiary/aromatic N) is 2. The molecule has 2 amide bonds. The number of aromatic nitrogens is 1. The van der Waals surface area contributed by atoms with Crippen LogP contribution in [0.4, 0.5) is 16.2 Å². The number of nitrogens with one attached hydrogen (secondary N) is 2. The second-order valence-electron chi connectivity index (χ2n) is 14.4. The summed E-state index contributed by atoms with van der Waals surface area (Å²) in [6, 6.07) is 10.4. The zero-order valence-corrected chi connectivity index (χ0v) is 32.1. The van der Waals surface area contributed by atoms with E-state index in [9.17, 15) is 19.5 Å². The average Bonchev–Trinajstić information content (AvgIpc) is 3.60. The number of aromatic carboxylic acids is 1. The molecule has 0 saturated carbocycles. The number of halogens is 2. The minimum Gasteiger partial charge on any atom is -0.477 e. The van der Waals surface area contributed by atoms with Gasteiger partial charge < -0.3 is 20.1 Å². The fourth-order valence-electron chi connectivity index (χ4n) is 6.40. The van der Waals surface area contributed by atoms with Crippen LogP contribution in [0.25, 0.3) is 17.0 Å². The number of hydrazine groups is 1. The van der Waals surface area contributed by atoms with E-state index in [2.05, 4.69) is 17.2 Å². The van der Waals surface area contributed by atoms with Gasteiger partial charge in [0.15, 0.2) is 0 Å². The lowest BCUT2D eigenvalue weighted by Crippen LogP contribution is -2.45. The van der Waals surface area contributed by atoms with Crippen molar-refractivity contribution in [3.8, 4) is 0 Å². The van der Waals surface area contributed by atoms with Gasteiger partial charge in [0.1, 0.15) is 11.3 Å². The van der Waals surface area contributed by atoms with Gasteiger partial charge in [0.2, 0.25) is 0 Å². The van der Waals surface area contributed by atoms with Crippen molar-refractivity contribution in [2.75, 3.05) is 23.4 Å². The Kier molecular flexibility index (Phi) is 15.1. The number of anilines is 2. The number of H-pyrrole nitrogens is 1. The third-order valence-electron chi connectivity index (χ3n) is 8.99. The highest BCUT2D eigenvalue weighted by Crippen LogP contribution is 2.36. The Balaban J connectivity index is 1.35. The Labute approximate surface area is 312 Å². The molecule has 2 aromatic carbocycles. The third kappa shape index (κ3) is 11.7. The van der Waals surface area contributed by atoms with Gasteiger partial charge in [-0.2, -0.15) is 0 Å². The number of benzene rings is 2. The molecule has 0 spiro atoms. The summed E-state index contributed by atoms with van der Waals surface area (Å²) < 4.78 is 5.65. The molecule has 0 aliphatic carbocycles. The van der Waals surface area contributed by atoms with Gasteiger partial charge in [-0.1, -0.05) is 114 Å². The largest absolute Gasteiger partial charge is 0.477 e. The number of carbonyl (C=O) groups excluding carboxylic acids is 2. The second-order valence-corrected chi connectivity index (χ2v) is 15.3. The number of ether oxygens (including phenoxy) is 1. The van der Waals surface area contributed by atoms with Crippen LogP contribution in [-0.2, 0) is 9.53 Å². The van der Waals surface area contributed by atoms with Gasteiger partial charge in [-0.15, -0.1) is 0 Å². The van der Waals surface area contributed by atoms with Gasteiger partial charge in [-0.25, -0.2) is 19.6 Å². The van der Waals surface area contributed by atoms with Crippen molar-refractivity contribution in [2.24, 2.45) is 0 Å². The molecular formula is C40H54Cl2N4O5. The molecule has 0 bridgehead atoms. The summed E-state index contributed by atoms with van der Waals surface area (Å²) in [6.07, 6.45) is 19.2. The van der Waals surface area contributed by atoms with E-state index in [0.717, 1.165) is 18.7 Å². The number of carboxylic acids is 1. The molecule has 1 saturated heterocycles. The smallest absolute Gasteiger partial charge is 0.430 e. The van der Waals surface area contributed by atoms with Gasteiger partial charge in [-0.05, 0) is 69.7 Å². The van der Waals surface area contributed by atoms with Gasteiger partial charge in [-0.3, -0.25) is 4.79 Å². The van der Waals surface area contributed by atoms with E-state index >= 15 is 0 Å². The normalized spacial score (nSPS) is 14.2. The van der Waals surface area contributed by atoms with E-state index < -0.39 is 23.6 Å². The molecule has 0 radical (unpaired) electrons.